The van der Waals surface area contributed by atoms with Gasteiger partial charge in [0.1, 0.15) is 11.6 Å². The average Bonchev–Trinajstić information content (AvgIpc) is 2.75. The first-order valence-corrected chi connectivity index (χ1v) is 6.29. The molecule has 2 aromatic rings. The molecule has 1 heterocycles. The van der Waals surface area contributed by atoms with E-state index in [2.05, 4.69) is 5.16 Å². The Balaban J connectivity index is 2.38. The number of hydrogen-bond donors (Lipinski definition) is 1. The Kier molecular flexibility index (Phi) is 4.39. The van der Waals surface area contributed by atoms with Crippen molar-refractivity contribution in [3.8, 4) is 11.1 Å². The van der Waals surface area contributed by atoms with E-state index < -0.39 is 5.82 Å². The van der Waals surface area contributed by atoms with Crippen LogP contribution in [0, 0.1) is 5.82 Å². The normalized spacial score (nSPS) is 10.9. The van der Waals surface area contributed by atoms with E-state index in [1.54, 1.807) is 12.1 Å². The molecule has 2 N–H and O–H groups in total. The average molecular weight is 285 g/mol. The maximum atomic E-state index is 14.0. The smallest absolute Gasteiger partial charge is 0.175 e. The highest BCUT2D eigenvalue weighted by Crippen LogP contribution is 2.34. The van der Waals surface area contributed by atoms with Gasteiger partial charge in [-0.1, -0.05) is 28.9 Å². The van der Waals surface area contributed by atoms with Crippen LogP contribution in [0.5, 0.6) is 0 Å². The van der Waals surface area contributed by atoms with E-state index in [-0.39, 0.29) is 16.4 Å². The zero-order valence-corrected chi connectivity index (χ0v) is 11.2. The molecule has 0 amide bonds. The number of nitrogens with two attached hydrogens (primary N) is 1. The molecule has 0 spiro atoms. The zero-order valence-electron chi connectivity index (χ0n) is 10.5. The van der Waals surface area contributed by atoms with Crippen LogP contribution in [0.4, 0.5) is 10.2 Å². The van der Waals surface area contributed by atoms with Gasteiger partial charge in [-0.25, -0.2) is 4.39 Å². The number of aromatic nitrogens is 1. The third-order valence-electron chi connectivity index (χ3n) is 2.69. The summed E-state index contributed by atoms with van der Waals surface area (Å²) in [7, 11) is 0. The fourth-order valence-corrected chi connectivity index (χ4v) is 1.98. The third kappa shape index (κ3) is 2.88. The number of halogens is 2. The molecule has 19 heavy (non-hydrogen) atoms. The maximum absolute atomic E-state index is 14.0. The van der Waals surface area contributed by atoms with Crippen molar-refractivity contribution in [3.63, 3.8) is 0 Å². The molecule has 0 atom stereocenters. The molecule has 1 aromatic heterocycles. The lowest BCUT2D eigenvalue weighted by molar-refractivity contribution is 0.145. The third-order valence-corrected chi connectivity index (χ3v) is 2.98. The molecular formula is C13H14ClFN2O2. The van der Waals surface area contributed by atoms with Crippen molar-refractivity contribution in [3.05, 3.63) is 34.8 Å². The Labute approximate surface area is 115 Å². The van der Waals surface area contributed by atoms with E-state index in [0.717, 1.165) is 0 Å². The topological polar surface area (TPSA) is 61.3 Å². The Hall–Kier alpha value is -1.59. The molecule has 0 unspecified atom stereocenters. The van der Waals surface area contributed by atoms with Crippen LogP contribution in [0.1, 0.15) is 12.7 Å². The first-order valence-electron chi connectivity index (χ1n) is 5.91. The van der Waals surface area contributed by atoms with Crippen LogP contribution >= 0.6 is 11.6 Å². The minimum atomic E-state index is -0.531. The predicted octanol–water partition coefficient (Wildman–Crippen LogP) is 3.30. The summed E-state index contributed by atoms with van der Waals surface area (Å²) in [5, 5.41) is 3.72. The highest BCUT2D eigenvalue weighted by atomic mass is 35.5. The number of nitrogens with zero attached hydrogens (tertiary/aromatic N) is 1. The molecule has 0 aliphatic carbocycles. The van der Waals surface area contributed by atoms with Crippen LogP contribution in [0.25, 0.3) is 11.1 Å². The van der Waals surface area contributed by atoms with E-state index in [1.165, 1.54) is 6.07 Å². The van der Waals surface area contributed by atoms with Crippen molar-refractivity contribution in [2.24, 2.45) is 0 Å². The Morgan fingerprint density at radius 2 is 2.26 bits per heavy atom. The lowest BCUT2D eigenvalue weighted by Gasteiger charge is -2.05. The van der Waals surface area contributed by atoms with Crippen LogP contribution in [-0.2, 0) is 11.2 Å². The number of rotatable bonds is 5. The summed E-state index contributed by atoms with van der Waals surface area (Å²) in [5.41, 5.74) is 6.47. The van der Waals surface area contributed by atoms with E-state index in [0.29, 0.717) is 31.0 Å². The van der Waals surface area contributed by atoms with Gasteiger partial charge >= 0.3 is 0 Å². The molecule has 0 aliphatic heterocycles. The predicted molar refractivity (Wildman–Crippen MR) is 71.5 cm³/mol. The van der Waals surface area contributed by atoms with Crippen molar-refractivity contribution < 1.29 is 13.7 Å². The van der Waals surface area contributed by atoms with Gasteiger partial charge < -0.3 is 15.0 Å². The Morgan fingerprint density at radius 3 is 3.00 bits per heavy atom. The van der Waals surface area contributed by atoms with Crippen molar-refractivity contribution in [2.75, 3.05) is 18.9 Å². The van der Waals surface area contributed by atoms with Crippen LogP contribution in [0.15, 0.2) is 22.7 Å². The largest absolute Gasteiger partial charge is 0.381 e. The minimum absolute atomic E-state index is 0.0360. The molecule has 0 fully saturated rings. The molecular weight excluding hydrogens is 271 g/mol. The summed E-state index contributed by atoms with van der Waals surface area (Å²) in [4.78, 5) is 0. The molecule has 0 radical (unpaired) electrons. The number of nitrogen functional groups attached to an aromatic ring is 1. The fourth-order valence-electron chi connectivity index (χ4n) is 1.80. The molecule has 1 aromatic carbocycles. The van der Waals surface area contributed by atoms with Gasteiger partial charge in [-0.2, -0.15) is 0 Å². The fraction of sp³-hybridized carbons (Fsp3) is 0.308. The quantitative estimate of drug-likeness (QED) is 0.856. The Bertz CT molecular complexity index is 572. The standard InChI is InChI=1S/C13H14ClFN2O2/c1-2-18-7-6-10-11(13(16)17-19-10)8-4-3-5-9(14)12(8)15/h3-5H,2,6-7H2,1H3,(H2,16,17). The molecule has 6 heteroatoms. The summed E-state index contributed by atoms with van der Waals surface area (Å²) >= 11 is 5.77. The summed E-state index contributed by atoms with van der Waals surface area (Å²) in [6.07, 6.45) is 0.472. The summed E-state index contributed by atoms with van der Waals surface area (Å²) < 4.78 is 24.4. The second-order valence-electron chi connectivity index (χ2n) is 3.91. The summed E-state index contributed by atoms with van der Waals surface area (Å²) in [5.74, 6) is 0.108. The van der Waals surface area contributed by atoms with Crippen LogP contribution in [0.3, 0.4) is 0 Å². The van der Waals surface area contributed by atoms with Gasteiger partial charge in [0.15, 0.2) is 5.82 Å². The van der Waals surface area contributed by atoms with Crippen molar-refractivity contribution in [1.82, 2.24) is 5.16 Å². The summed E-state index contributed by atoms with van der Waals surface area (Å²) in [6.45, 7) is 2.96. The lowest BCUT2D eigenvalue weighted by atomic mass is 10.0. The molecule has 102 valence electrons. The lowest BCUT2D eigenvalue weighted by Crippen LogP contribution is -1.99. The van der Waals surface area contributed by atoms with Gasteiger partial charge in [-0.3, -0.25) is 0 Å². The minimum Gasteiger partial charge on any atom is -0.381 e. The molecule has 0 saturated heterocycles. The van der Waals surface area contributed by atoms with Crippen molar-refractivity contribution in [1.29, 1.82) is 0 Å². The van der Waals surface area contributed by atoms with Gasteiger partial charge in [0.2, 0.25) is 0 Å². The monoisotopic (exact) mass is 284 g/mol. The van der Waals surface area contributed by atoms with Crippen molar-refractivity contribution in [2.45, 2.75) is 13.3 Å². The summed E-state index contributed by atoms with van der Waals surface area (Å²) in [6, 6.07) is 4.72. The van der Waals surface area contributed by atoms with Gasteiger partial charge in [-0.15, -0.1) is 0 Å². The number of benzene rings is 1. The second-order valence-corrected chi connectivity index (χ2v) is 4.32. The van der Waals surface area contributed by atoms with E-state index in [4.69, 9.17) is 26.6 Å². The van der Waals surface area contributed by atoms with Crippen LogP contribution < -0.4 is 5.73 Å². The molecule has 2 rings (SSSR count). The number of anilines is 1. The first kappa shape index (κ1) is 13.8. The number of hydrogen-bond acceptors (Lipinski definition) is 4. The molecule has 0 aliphatic rings. The SMILES string of the molecule is CCOCCc1onc(N)c1-c1cccc(Cl)c1F. The van der Waals surface area contributed by atoms with Gasteiger partial charge in [-0.05, 0) is 13.0 Å². The van der Waals surface area contributed by atoms with E-state index >= 15 is 0 Å². The maximum Gasteiger partial charge on any atom is 0.175 e. The van der Waals surface area contributed by atoms with Crippen LogP contribution in [0.2, 0.25) is 5.02 Å². The van der Waals surface area contributed by atoms with Crippen molar-refractivity contribution >= 4 is 17.4 Å². The highest BCUT2D eigenvalue weighted by molar-refractivity contribution is 6.31. The van der Waals surface area contributed by atoms with Gasteiger partial charge in [0, 0.05) is 18.6 Å². The first-order chi connectivity index (χ1) is 9.15. The van der Waals surface area contributed by atoms with E-state index in [9.17, 15) is 4.39 Å². The Morgan fingerprint density at radius 1 is 1.47 bits per heavy atom. The molecule has 0 saturated carbocycles. The van der Waals surface area contributed by atoms with E-state index in [1.807, 2.05) is 6.92 Å². The second kappa shape index (κ2) is 6.04. The zero-order chi connectivity index (χ0) is 13.8. The van der Waals surface area contributed by atoms with Gasteiger partial charge in [0.05, 0.1) is 17.2 Å². The molecule has 0 bridgehead atoms. The highest BCUT2D eigenvalue weighted by Gasteiger charge is 2.20. The number of ether oxygens (including phenoxy) is 1. The van der Waals surface area contributed by atoms with Gasteiger partial charge in [0.25, 0.3) is 0 Å². The molecule has 4 nitrogen and oxygen atoms in total. The van der Waals surface area contributed by atoms with Crippen LogP contribution in [-0.4, -0.2) is 18.4 Å².